The van der Waals surface area contributed by atoms with Crippen molar-refractivity contribution in [3.63, 3.8) is 0 Å². The first kappa shape index (κ1) is 107. The van der Waals surface area contributed by atoms with Crippen molar-refractivity contribution in [2.24, 2.45) is 11.8 Å². The number of esters is 4. The van der Waals surface area contributed by atoms with E-state index in [0.29, 0.717) is 25.7 Å². The second-order valence-corrected chi connectivity index (χ2v) is 36.0. The number of hydrogen-bond donors (Lipinski definition) is 3. The van der Waals surface area contributed by atoms with Crippen molar-refractivity contribution in [3.8, 4) is 0 Å². The van der Waals surface area contributed by atoms with Crippen molar-refractivity contribution in [2.75, 3.05) is 39.6 Å². The van der Waals surface area contributed by atoms with E-state index >= 15 is 0 Å². The molecule has 0 heterocycles. The lowest BCUT2D eigenvalue weighted by atomic mass is 10.00. The van der Waals surface area contributed by atoms with Crippen LogP contribution in [0.3, 0.4) is 0 Å². The Morgan fingerprint density at radius 3 is 0.697 bits per heavy atom. The van der Waals surface area contributed by atoms with E-state index < -0.39 is 97.5 Å². The zero-order valence-electron chi connectivity index (χ0n) is 71.9. The van der Waals surface area contributed by atoms with Crippen molar-refractivity contribution in [3.05, 3.63) is 0 Å². The van der Waals surface area contributed by atoms with Gasteiger partial charge in [-0.2, -0.15) is 0 Å². The summed E-state index contributed by atoms with van der Waals surface area (Å²) in [5.41, 5.74) is 0. The molecule has 0 bridgehead atoms. The zero-order valence-corrected chi connectivity index (χ0v) is 73.7. The molecule has 3 unspecified atom stereocenters. The summed E-state index contributed by atoms with van der Waals surface area (Å²) in [5, 5.41) is 10.7. The molecule has 19 heteroatoms. The van der Waals surface area contributed by atoms with Crippen LogP contribution in [0.4, 0.5) is 0 Å². The minimum Gasteiger partial charge on any atom is -0.462 e. The summed E-state index contributed by atoms with van der Waals surface area (Å²) in [6.45, 7) is 9.65. The maximum absolute atomic E-state index is 13.2. The van der Waals surface area contributed by atoms with Gasteiger partial charge in [0.15, 0.2) is 12.2 Å². The molecule has 0 aromatic carbocycles. The van der Waals surface area contributed by atoms with Crippen LogP contribution >= 0.6 is 15.6 Å². The number of carbonyl (C=O) groups excluding carboxylic acids is 4. The molecule has 0 aliphatic heterocycles. The van der Waals surface area contributed by atoms with E-state index in [9.17, 15) is 43.2 Å². The number of hydrogen-bond acceptors (Lipinski definition) is 15. The van der Waals surface area contributed by atoms with Crippen molar-refractivity contribution >= 4 is 39.5 Å². The highest BCUT2D eigenvalue weighted by atomic mass is 31.2. The summed E-state index contributed by atoms with van der Waals surface area (Å²) in [7, 11) is -9.93. The van der Waals surface area contributed by atoms with Gasteiger partial charge in [0.25, 0.3) is 0 Å². The predicted molar refractivity (Wildman–Crippen MR) is 451 cm³/mol. The Hall–Kier alpha value is -1.94. The molecule has 648 valence electrons. The highest BCUT2D eigenvalue weighted by Crippen LogP contribution is 2.45. The van der Waals surface area contributed by atoms with Gasteiger partial charge in [0.2, 0.25) is 0 Å². The summed E-state index contributed by atoms with van der Waals surface area (Å²) < 4.78 is 69.0. The van der Waals surface area contributed by atoms with Crippen molar-refractivity contribution in [1.29, 1.82) is 0 Å². The van der Waals surface area contributed by atoms with Crippen LogP contribution in [0, 0.1) is 11.8 Å². The molecule has 0 aromatic heterocycles. The van der Waals surface area contributed by atoms with Crippen molar-refractivity contribution in [2.45, 2.75) is 503 Å². The molecule has 0 saturated carbocycles. The summed E-state index contributed by atoms with van der Waals surface area (Å²) in [6, 6.07) is 0. The molecule has 0 fully saturated rings. The lowest BCUT2D eigenvalue weighted by Gasteiger charge is -2.21. The van der Waals surface area contributed by atoms with Crippen LogP contribution in [0.15, 0.2) is 0 Å². The van der Waals surface area contributed by atoms with Gasteiger partial charge < -0.3 is 33.8 Å². The van der Waals surface area contributed by atoms with Crippen LogP contribution in [-0.2, 0) is 65.4 Å². The number of phosphoric ester groups is 2. The lowest BCUT2D eigenvalue weighted by molar-refractivity contribution is -0.161. The second-order valence-electron chi connectivity index (χ2n) is 33.1. The Morgan fingerprint density at radius 2 is 0.468 bits per heavy atom. The maximum Gasteiger partial charge on any atom is 0.472 e. The highest BCUT2D eigenvalue weighted by Gasteiger charge is 2.31. The van der Waals surface area contributed by atoms with Gasteiger partial charge >= 0.3 is 39.5 Å². The molecule has 0 aliphatic rings. The summed E-state index contributed by atoms with van der Waals surface area (Å²) in [6.07, 6.45) is 75.3. The van der Waals surface area contributed by atoms with Gasteiger partial charge in [-0.15, -0.1) is 0 Å². The number of carbonyl (C=O) groups is 4. The molecular formula is C90H176O17P2. The molecule has 17 nitrogen and oxygen atoms in total. The fourth-order valence-electron chi connectivity index (χ4n) is 14.1. The molecular weight excluding hydrogens is 1410 g/mol. The third-order valence-electron chi connectivity index (χ3n) is 21.6. The largest absolute Gasteiger partial charge is 0.472 e. The van der Waals surface area contributed by atoms with Crippen LogP contribution in [0.2, 0.25) is 0 Å². The summed E-state index contributed by atoms with van der Waals surface area (Å²) >= 11 is 0. The Kier molecular flexibility index (Phi) is 79.8. The Balaban J connectivity index is 5.20. The first-order chi connectivity index (χ1) is 52.9. The molecule has 0 spiro atoms. The van der Waals surface area contributed by atoms with Gasteiger partial charge in [-0.3, -0.25) is 37.3 Å². The van der Waals surface area contributed by atoms with Gasteiger partial charge in [0.1, 0.15) is 19.3 Å². The Morgan fingerprint density at radius 1 is 0.266 bits per heavy atom. The number of phosphoric acid groups is 2. The first-order valence-corrected chi connectivity index (χ1v) is 49.5. The maximum atomic E-state index is 13.2. The van der Waals surface area contributed by atoms with Gasteiger partial charge in [-0.1, -0.05) is 433 Å². The Bertz CT molecular complexity index is 2080. The molecule has 0 aromatic rings. The summed E-state index contributed by atoms with van der Waals surface area (Å²) in [4.78, 5) is 73.3. The standard InChI is InChI=1S/C90H176O17P2/c1-7-10-12-14-16-18-20-22-24-26-28-30-32-34-36-38-40-45-49-53-60-66-72-87(92)100-78-85(106-89(94)74-68-62-54-50-46-41-39-37-35-33-31-29-27-25-23-21-19-17-15-13-11-8-2)80-104-108(96,97)102-76-84(91)77-103-109(98,99)105-81-86(79-101-88(93)73-67-61-57-56-59-65-71-83(6)9-3)107-90(95)75-69-63-55-51-47-43-42-44-48-52-58-64-70-82(4)5/h82-86,91H,7-81H2,1-6H3,(H,96,97)(H,98,99)/t83?,84-,85-,86-/m1/s1. The fraction of sp³-hybridized carbons (Fsp3) is 0.956. The van der Waals surface area contributed by atoms with E-state index in [0.717, 1.165) is 108 Å². The molecule has 6 atom stereocenters. The number of rotatable bonds is 89. The van der Waals surface area contributed by atoms with Crippen LogP contribution < -0.4 is 0 Å². The van der Waals surface area contributed by atoms with Crippen LogP contribution in [0.25, 0.3) is 0 Å². The molecule has 109 heavy (non-hydrogen) atoms. The zero-order chi connectivity index (χ0) is 79.9. The fourth-order valence-corrected chi connectivity index (χ4v) is 15.7. The van der Waals surface area contributed by atoms with Gasteiger partial charge in [0, 0.05) is 25.7 Å². The van der Waals surface area contributed by atoms with Crippen LogP contribution in [-0.4, -0.2) is 96.7 Å². The quantitative estimate of drug-likeness (QED) is 0.0222. The molecule has 3 N–H and O–H groups in total. The van der Waals surface area contributed by atoms with Gasteiger partial charge in [-0.05, 0) is 37.5 Å². The Labute approximate surface area is 670 Å². The summed E-state index contributed by atoms with van der Waals surface area (Å²) in [5.74, 6) is -0.594. The number of unbranched alkanes of at least 4 members (excludes halogenated alkanes) is 58. The number of aliphatic hydroxyl groups excluding tert-OH is 1. The number of ether oxygens (including phenoxy) is 4. The number of aliphatic hydroxyl groups is 1. The molecule has 0 saturated heterocycles. The van der Waals surface area contributed by atoms with E-state index in [1.807, 2.05) is 0 Å². The molecule has 0 rings (SSSR count). The van der Waals surface area contributed by atoms with E-state index in [-0.39, 0.29) is 25.7 Å². The topological polar surface area (TPSA) is 237 Å². The molecule has 0 radical (unpaired) electrons. The van der Waals surface area contributed by atoms with Crippen molar-refractivity contribution < 1.29 is 80.2 Å². The third-order valence-corrected chi connectivity index (χ3v) is 23.5. The smallest absolute Gasteiger partial charge is 0.462 e. The second kappa shape index (κ2) is 81.2. The first-order valence-electron chi connectivity index (χ1n) is 46.5. The third kappa shape index (κ3) is 82.4. The van der Waals surface area contributed by atoms with E-state index in [1.54, 1.807) is 0 Å². The monoisotopic (exact) mass is 1590 g/mol. The average molecular weight is 1590 g/mol. The molecule has 0 aliphatic carbocycles. The van der Waals surface area contributed by atoms with E-state index in [1.165, 1.54) is 295 Å². The van der Waals surface area contributed by atoms with E-state index in [4.69, 9.17) is 37.0 Å². The highest BCUT2D eigenvalue weighted by molar-refractivity contribution is 7.47. The van der Waals surface area contributed by atoms with Gasteiger partial charge in [-0.25, -0.2) is 9.13 Å². The minimum atomic E-state index is -4.97. The van der Waals surface area contributed by atoms with Crippen LogP contribution in [0.1, 0.15) is 485 Å². The predicted octanol–water partition coefficient (Wildman–Crippen LogP) is 27.8. The SMILES string of the molecule is CCCCCCCCCCCCCCCCCCCCCCCCC(=O)OC[C@H](COP(=O)(O)OC[C@@H](O)COP(=O)(O)OC[C@@H](COC(=O)CCCCCCCCC(C)CC)OC(=O)CCCCCCCCCCCCCCC(C)C)OC(=O)CCCCCCCCCCCCCCCCCCCCCCCC. The van der Waals surface area contributed by atoms with Crippen LogP contribution in [0.5, 0.6) is 0 Å². The van der Waals surface area contributed by atoms with Gasteiger partial charge in [0.05, 0.1) is 26.4 Å². The normalized spacial score (nSPS) is 14.0. The van der Waals surface area contributed by atoms with Crippen molar-refractivity contribution in [1.82, 2.24) is 0 Å². The molecule has 0 amide bonds. The average Bonchev–Trinajstić information content (AvgIpc) is 0.899. The van der Waals surface area contributed by atoms with E-state index in [2.05, 4.69) is 41.5 Å². The lowest BCUT2D eigenvalue weighted by Crippen LogP contribution is -2.30. The minimum absolute atomic E-state index is 0.106.